The van der Waals surface area contributed by atoms with Crippen LogP contribution >= 0.6 is 0 Å². The molecule has 0 saturated carbocycles. The molecule has 9 nitrogen and oxygen atoms in total. The number of benzene rings is 1. The number of hydrogen-bond donors (Lipinski definition) is 2. The van der Waals surface area contributed by atoms with Gasteiger partial charge in [0.2, 0.25) is 0 Å². The van der Waals surface area contributed by atoms with Crippen LogP contribution in [0.5, 0.6) is 6.01 Å². The van der Waals surface area contributed by atoms with E-state index in [1.165, 1.54) is 24.8 Å². The third-order valence-corrected chi connectivity index (χ3v) is 9.29. The number of nitrogens with zero attached hydrogens (tertiary/aromatic N) is 6. The predicted molar refractivity (Wildman–Crippen MR) is 159 cm³/mol. The fourth-order valence-electron chi connectivity index (χ4n) is 7.09. The van der Waals surface area contributed by atoms with Crippen LogP contribution in [0.4, 0.5) is 17.3 Å². The monoisotopic (exact) mass is 538 g/mol. The molecule has 2 aromatic heterocycles. The smallest absolute Gasteiger partial charge is 0.318 e. The molecule has 208 valence electrons. The van der Waals surface area contributed by atoms with Crippen LogP contribution in [0.25, 0.3) is 10.9 Å². The SMILES string of the molecule is C#Cc1cccc2nc(N)cc(N3CCc4c(nc(OC[C@@H]5CCCN5C)nc4N4CCC5CNC(C5)C4)C3)c12. The summed E-state index contributed by atoms with van der Waals surface area (Å²) in [5.74, 6) is 5.14. The predicted octanol–water partition coefficient (Wildman–Crippen LogP) is 2.81. The molecule has 0 radical (unpaired) electrons. The van der Waals surface area contributed by atoms with Crippen LogP contribution in [-0.4, -0.2) is 78.3 Å². The largest absolute Gasteiger partial charge is 0.462 e. The molecule has 7 rings (SSSR count). The Morgan fingerprint density at radius 3 is 2.92 bits per heavy atom. The van der Waals surface area contributed by atoms with Crippen LogP contribution in [-0.2, 0) is 13.0 Å². The van der Waals surface area contributed by atoms with Gasteiger partial charge in [-0.05, 0) is 70.3 Å². The van der Waals surface area contributed by atoms with E-state index in [0.29, 0.717) is 37.1 Å². The molecule has 3 fully saturated rings. The van der Waals surface area contributed by atoms with E-state index in [1.807, 2.05) is 24.3 Å². The zero-order chi connectivity index (χ0) is 27.2. The van der Waals surface area contributed by atoms with Crippen molar-refractivity contribution in [1.29, 1.82) is 0 Å². The molecule has 2 bridgehead atoms. The molecule has 2 unspecified atom stereocenters. The number of nitrogens with one attached hydrogen (secondary N) is 1. The second kappa shape index (κ2) is 10.4. The number of likely N-dealkylation sites (tertiary alicyclic amines) is 1. The average molecular weight is 539 g/mol. The van der Waals surface area contributed by atoms with Crippen LogP contribution in [0.2, 0.25) is 0 Å². The highest BCUT2D eigenvalue weighted by atomic mass is 16.5. The van der Waals surface area contributed by atoms with Crippen LogP contribution in [0.15, 0.2) is 24.3 Å². The minimum absolute atomic E-state index is 0.408. The first-order valence-corrected chi connectivity index (χ1v) is 14.7. The molecule has 4 aliphatic heterocycles. The minimum Gasteiger partial charge on any atom is -0.462 e. The van der Waals surface area contributed by atoms with Crippen molar-refractivity contribution in [1.82, 2.24) is 25.2 Å². The van der Waals surface area contributed by atoms with Gasteiger partial charge < -0.3 is 30.5 Å². The van der Waals surface area contributed by atoms with E-state index in [9.17, 15) is 0 Å². The van der Waals surface area contributed by atoms with Crippen molar-refractivity contribution in [2.45, 2.75) is 50.7 Å². The first-order valence-electron chi connectivity index (χ1n) is 14.7. The Hall–Kier alpha value is -3.61. The summed E-state index contributed by atoms with van der Waals surface area (Å²) in [7, 11) is 2.17. The summed E-state index contributed by atoms with van der Waals surface area (Å²) in [5, 5.41) is 4.68. The van der Waals surface area contributed by atoms with Gasteiger partial charge in [0, 0.05) is 54.3 Å². The standard InChI is InChI=1S/C31H38N8O/c1-3-21-6-4-8-25-29(21)27(15-28(32)34-25)38-13-10-24-26(18-38)35-31(40-19-23-7-5-11-37(23)2)36-30(24)39-12-9-20-14-22(17-39)33-16-20/h1,4,6,8,15,20,22-23,33H,5,7,9-14,16-19H2,2H3,(H2,32,34)/t20?,22?,23-/m0/s1. The van der Waals surface area contributed by atoms with E-state index in [0.717, 1.165) is 85.1 Å². The van der Waals surface area contributed by atoms with E-state index in [2.05, 4.69) is 38.0 Å². The van der Waals surface area contributed by atoms with Crippen molar-refractivity contribution in [3.05, 3.63) is 41.1 Å². The van der Waals surface area contributed by atoms with E-state index in [4.69, 9.17) is 26.9 Å². The summed E-state index contributed by atoms with van der Waals surface area (Å²) < 4.78 is 6.34. The number of terminal acetylenes is 1. The average Bonchev–Trinajstić information content (AvgIpc) is 3.53. The van der Waals surface area contributed by atoms with Crippen molar-refractivity contribution in [2.24, 2.45) is 5.92 Å². The highest BCUT2D eigenvalue weighted by Crippen LogP contribution is 2.37. The highest BCUT2D eigenvalue weighted by molar-refractivity contribution is 5.98. The Bertz CT molecular complexity index is 1470. The topological polar surface area (TPSA) is 95.7 Å². The van der Waals surface area contributed by atoms with E-state index < -0.39 is 0 Å². The molecule has 3 aromatic rings. The number of anilines is 3. The molecule has 4 aliphatic rings. The number of nitrogen functional groups attached to an aromatic ring is 1. The summed E-state index contributed by atoms with van der Waals surface area (Å²) in [6.45, 7) is 6.34. The van der Waals surface area contributed by atoms with Crippen LogP contribution in [0, 0.1) is 18.3 Å². The maximum atomic E-state index is 6.34. The Morgan fingerprint density at radius 2 is 2.08 bits per heavy atom. The van der Waals surface area contributed by atoms with Crippen molar-refractivity contribution >= 4 is 28.2 Å². The van der Waals surface area contributed by atoms with E-state index in [-0.39, 0.29) is 0 Å². The Morgan fingerprint density at radius 1 is 1.15 bits per heavy atom. The number of hydrogen-bond acceptors (Lipinski definition) is 9. The van der Waals surface area contributed by atoms with Gasteiger partial charge in [0.15, 0.2) is 0 Å². The van der Waals surface area contributed by atoms with Gasteiger partial charge in [-0.25, -0.2) is 4.98 Å². The fourth-order valence-corrected chi connectivity index (χ4v) is 7.09. The first-order chi connectivity index (χ1) is 19.6. The minimum atomic E-state index is 0.408. The quantitative estimate of drug-likeness (QED) is 0.476. The van der Waals surface area contributed by atoms with Gasteiger partial charge in [-0.3, -0.25) is 0 Å². The Labute approximate surface area is 236 Å². The normalized spacial score (nSPS) is 24.6. The van der Waals surface area contributed by atoms with Crippen LogP contribution in [0.3, 0.4) is 0 Å². The number of rotatable bonds is 5. The second-order valence-electron chi connectivity index (χ2n) is 11.9. The summed E-state index contributed by atoms with van der Waals surface area (Å²) >= 11 is 0. The third kappa shape index (κ3) is 4.69. The van der Waals surface area contributed by atoms with Crippen molar-refractivity contribution < 1.29 is 4.74 Å². The molecule has 0 spiro atoms. The molecule has 9 heteroatoms. The van der Waals surface area contributed by atoms with E-state index in [1.54, 1.807) is 0 Å². The Balaban J connectivity index is 1.25. The molecule has 3 saturated heterocycles. The van der Waals surface area contributed by atoms with Gasteiger partial charge in [0.25, 0.3) is 0 Å². The van der Waals surface area contributed by atoms with E-state index >= 15 is 0 Å². The lowest BCUT2D eigenvalue weighted by atomic mass is 10.0. The molecule has 6 heterocycles. The maximum absolute atomic E-state index is 6.34. The molecule has 40 heavy (non-hydrogen) atoms. The number of fused-ring (bicyclic) bond motifs is 4. The fraction of sp³-hybridized carbons (Fsp3) is 0.516. The second-order valence-corrected chi connectivity index (χ2v) is 11.9. The van der Waals surface area contributed by atoms with Crippen molar-refractivity contribution in [2.75, 3.05) is 61.9 Å². The zero-order valence-corrected chi connectivity index (χ0v) is 23.3. The number of aromatic nitrogens is 3. The molecule has 0 aliphatic carbocycles. The molecule has 1 aromatic carbocycles. The van der Waals surface area contributed by atoms with Gasteiger partial charge in [-0.2, -0.15) is 9.97 Å². The van der Waals surface area contributed by atoms with Gasteiger partial charge in [0.1, 0.15) is 18.2 Å². The van der Waals surface area contributed by atoms with Crippen LogP contribution < -0.4 is 25.6 Å². The summed E-state index contributed by atoms with van der Waals surface area (Å²) in [6.07, 6.45) is 11.6. The lowest BCUT2D eigenvalue weighted by Gasteiger charge is -2.35. The summed E-state index contributed by atoms with van der Waals surface area (Å²) in [6, 6.07) is 9.24. The third-order valence-electron chi connectivity index (χ3n) is 9.29. The number of likely N-dealkylation sites (N-methyl/N-ethyl adjacent to an activating group) is 1. The molecule has 0 amide bonds. The van der Waals surface area contributed by atoms with Gasteiger partial charge in [0.05, 0.1) is 23.4 Å². The lowest BCUT2D eigenvalue weighted by Crippen LogP contribution is -2.41. The molecule has 3 atom stereocenters. The molecular weight excluding hydrogens is 500 g/mol. The van der Waals surface area contributed by atoms with Crippen molar-refractivity contribution in [3.63, 3.8) is 0 Å². The first kappa shape index (κ1) is 25.4. The number of pyridine rings is 1. The van der Waals surface area contributed by atoms with Gasteiger partial charge in [-0.15, -0.1) is 6.42 Å². The maximum Gasteiger partial charge on any atom is 0.318 e. The van der Waals surface area contributed by atoms with Gasteiger partial charge >= 0.3 is 6.01 Å². The highest BCUT2D eigenvalue weighted by Gasteiger charge is 2.33. The molecular formula is C31H38N8O. The molecule has 3 N–H and O–H groups in total. The lowest BCUT2D eigenvalue weighted by molar-refractivity contribution is 0.187. The number of ether oxygens (including phenoxy) is 1. The van der Waals surface area contributed by atoms with Crippen molar-refractivity contribution in [3.8, 4) is 18.4 Å². The summed E-state index contributed by atoms with van der Waals surface area (Å²) in [4.78, 5) is 21.9. The van der Waals surface area contributed by atoms with Gasteiger partial charge in [-0.1, -0.05) is 12.0 Å². The van der Waals surface area contributed by atoms with Crippen LogP contribution in [0.1, 0.15) is 42.5 Å². The number of nitrogens with two attached hydrogens (primary N) is 1. The zero-order valence-electron chi connectivity index (χ0n) is 23.3. The Kier molecular flexibility index (Phi) is 6.60. The summed E-state index contributed by atoms with van der Waals surface area (Å²) in [5.41, 5.74) is 11.2.